The number of rotatable bonds is 5. The van der Waals surface area contributed by atoms with Crippen molar-refractivity contribution in [3.63, 3.8) is 0 Å². The monoisotopic (exact) mass is 344 g/mol. The van der Waals surface area contributed by atoms with E-state index in [2.05, 4.69) is 26.4 Å². The van der Waals surface area contributed by atoms with Gasteiger partial charge in [-0.25, -0.2) is 0 Å². The van der Waals surface area contributed by atoms with Crippen LogP contribution in [0.3, 0.4) is 0 Å². The van der Waals surface area contributed by atoms with Crippen molar-refractivity contribution >= 4 is 11.6 Å². The quantitative estimate of drug-likeness (QED) is 0.866. The topological polar surface area (TPSA) is 76.1 Å². The molecule has 1 aromatic rings. The van der Waals surface area contributed by atoms with E-state index in [0.717, 1.165) is 45.5 Å². The lowest BCUT2D eigenvalue weighted by molar-refractivity contribution is -0.115. The Morgan fingerprint density at radius 3 is 3.24 bits per heavy atom. The maximum absolute atomic E-state index is 12.3. The first-order valence-corrected chi connectivity index (χ1v) is 8.99. The zero-order valence-corrected chi connectivity index (χ0v) is 14.3. The minimum absolute atomic E-state index is 0.127. The summed E-state index contributed by atoms with van der Waals surface area (Å²) < 4.78 is 5.53. The summed E-state index contributed by atoms with van der Waals surface area (Å²) in [6.07, 6.45) is 7.36. The minimum Gasteiger partial charge on any atom is -0.387 e. The van der Waals surface area contributed by atoms with E-state index in [1.165, 1.54) is 5.56 Å². The van der Waals surface area contributed by atoms with Crippen molar-refractivity contribution in [2.24, 2.45) is 5.16 Å². The number of pyridine rings is 1. The van der Waals surface area contributed by atoms with Gasteiger partial charge in [-0.3, -0.25) is 14.7 Å². The Kier molecular flexibility index (Phi) is 4.67. The number of hydrogen-bond donors (Lipinski definition) is 1. The van der Waals surface area contributed by atoms with Gasteiger partial charge in [0.05, 0.1) is 6.10 Å². The third-order valence-electron chi connectivity index (χ3n) is 5.14. The van der Waals surface area contributed by atoms with Gasteiger partial charge in [0.15, 0.2) is 5.60 Å². The molecule has 2 fully saturated rings. The molecule has 1 amide bonds. The zero-order valence-electron chi connectivity index (χ0n) is 14.3. The molecule has 0 aromatic carbocycles. The highest BCUT2D eigenvalue weighted by atomic mass is 16.7. The number of nitrogens with one attached hydrogen (secondary N) is 1. The highest BCUT2D eigenvalue weighted by Crippen LogP contribution is 2.34. The number of nitrogens with zero attached hydrogens (tertiary/aromatic N) is 3. The lowest BCUT2D eigenvalue weighted by Gasteiger charge is -2.21. The van der Waals surface area contributed by atoms with Crippen molar-refractivity contribution in [3.8, 4) is 0 Å². The van der Waals surface area contributed by atoms with E-state index in [1.807, 2.05) is 12.3 Å². The predicted octanol–water partition coefficient (Wildman–Crippen LogP) is 1.10. The second kappa shape index (κ2) is 7.09. The SMILES string of the molecule is O=C(NCC1CCCO1)C1=NOC2(CCN(Cc3cccnc3)C2)C1. The van der Waals surface area contributed by atoms with Crippen LogP contribution in [0.15, 0.2) is 29.7 Å². The van der Waals surface area contributed by atoms with Crippen molar-refractivity contribution in [1.29, 1.82) is 0 Å². The van der Waals surface area contributed by atoms with Crippen molar-refractivity contribution < 1.29 is 14.4 Å². The van der Waals surface area contributed by atoms with Gasteiger partial charge in [0.25, 0.3) is 5.91 Å². The van der Waals surface area contributed by atoms with Crippen LogP contribution in [-0.2, 0) is 20.9 Å². The van der Waals surface area contributed by atoms with Crippen LogP contribution in [0.2, 0.25) is 0 Å². The molecule has 0 saturated carbocycles. The normalized spacial score (nSPS) is 29.0. The third kappa shape index (κ3) is 3.82. The summed E-state index contributed by atoms with van der Waals surface area (Å²) in [5.74, 6) is -0.127. The Morgan fingerprint density at radius 1 is 1.48 bits per heavy atom. The fraction of sp³-hybridized carbons (Fsp3) is 0.611. The van der Waals surface area contributed by atoms with Gasteiger partial charge in [0, 0.05) is 58.0 Å². The molecule has 25 heavy (non-hydrogen) atoms. The number of carbonyl (C=O) groups excluding carboxylic acids is 1. The van der Waals surface area contributed by atoms with E-state index < -0.39 is 0 Å². The van der Waals surface area contributed by atoms with E-state index in [1.54, 1.807) is 6.20 Å². The van der Waals surface area contributed by atoms with Crippen LogP contribution in [-0.4, -0.2) is 59.4 Å². The van der Waals surface area contributed by atoms with Crippen LogP contribution in [0.1, 0.15) is 31.2 Å². The first kappa shape index (κ1) is 16.5. The molecule has 2 unspecified atom stereocenters. The largest absolute Gasteiger partial charge is 0.387 e. The second-order valence-corrected chi connectivity index (χ2v) is 7.16. The molecular weight excluding hydrogens is 320 g/mol. The summed E-state index contributed by atoms with van der Waals surface area (Å²) in [6, 6.07) is 4.03. The summed E-state index contributed by atoms with van der Waals surface area (Å²) in [6.45, 7) is 3.92. The molecule has 2 atom stereocenters. The fourth-order valence-corrected chi connectivity index (χ4v) is 3.79. The number of hydrogen-bond acceptors (Lipinski definition) is 6. The van der Waals surface area contributed by atoms with E-state index in [-0.39, 0.29) is 17.6 Å². The Balaban J connectivity index is 1.27. The summed E-state index contributed by atoms with van der Waals surface area (Å²) >= 11 is 0. The van der Waals surface area contributed by atoms with Gasteiger partial charge < -0.3 is 14.9 Å². The van der Waals surface area contributed by atoms with E-state index >= 15 is 0 Å². The third-order valence-corrected chi connectivity index (χ3v) is 5.14. The predicted molar refractivity (Wildman–Crippen MR) is 92.0 cm³/mol. The molecule has 0 radical (unpaired) electrons. The average Bonchev–Trinajstić information content (AvgIpc) is 3.37. The van der Waals surface area contributed by atoms with Crippen LogP contribution in [0, 0.1) is 0 Å². The molecule has 3 aliphatic heterocycles. The summed E-state index contributed by atoms with van der Waals surface area (Å²) in [5.41, 5.74) is 1.34. The number of aromatic nitrogens is 1. The highest BCUT2D eigenvalue weighted by Gasteiger charge is 2.46. The summed E-state index contributed by atoms with van der Waals surface area (Å²) in [7, 11) is 0. The Bertz CT molecular complexity index is 645. The Hall–Kier alpha value is -1.99. The number of amides is 1. The van der Waals surface area contributed by atoms with Gasteiger partial charge in [-0.05, 0) is 24.5 Å². The van der Waals surface area contributed by atoms with Gasteiger partial charge in [-0.1, -0.05) is 11.2 Å². The molecule has 0 aliphatic carbocycles. The number of likely N-dealkylation sites (tertiary alicyclic amines) is 1. The van der Waals surface area contributed by atoms with Crippen LogP contribution < -0.4 is 5.32 Å². The van der Waals surface area contributed by atoms with Crippen molar-refractivity contribution in [1.82, 2.24) is 15.2 Å². The smallest absolute Gasteiger partial charge is 0.269 e. The van der Waals surface area contributed by atoms with Gasteiger partial charge in [-0.15, -0.1) is 0 Å². The van der Waals surface area contributed by atoms with Crippen LogP contribution >= 0.6 is 0 Å². The molecule has 4 rings (SSSR count). The number of carbonyl (C=O) groups is 1. The van der Waals surface area contributed by atoms with Gasteiger partial charge in [0.1, 0.15) is 5.71 Å². The molecule has 1 spiro atoms. The molecule has 0 bridgehead atoms. The molecule has 1 aromatic heterocycles. The first-order valence-electron chi connectivity index (χ1n) is 8.99. The zero-order chi connectivity index (χ0) is 17.1. The molecule has 2 saturated heterocycles. The molecule has 134 valence electrons. The van der Waals surface area contributed by atoms with Crippen molar-refractivity contribution in [3.05, 3.63) is 30.1 Å². The van der Waals surface area contributed by atoms with E-state index in [0.29, 0.717) is 18.7 Å². The maximum Gasteiger partial charge on any atom is 0.269 e. The maximum atomic E-state index is 12.3. The number of oxime groups is 1. The standard InChI is InChI=1S/C18H24N4O3/c23-17(20-11-15-4-2-8-24-15)16-9-18(25-21-16)5-7-22(13-18)12-14-3-1-6-19-10-14/h1,3,6,10,15H,2,4-5,7-9,11-13H2,(H,20,23). The molecule has 4 heterocycles. The molecule has 1 N–H and O–H groups in total. The molecule has 3 aliphatic rings. The van der Waals surface area contributed by atoms with Crippen LogP contribution in [0.4, 0.5) is 0 Å². The lowest BCUT2D eigenvalue weighted by atomic mass is 9.96. The van der Waals surface area contributed by atoms with Crippen LogP contribution in [0.25, 0.3) is 0 Å². The van der Waals surface area contributed by atoms with E-state index in [9.17, 15) is 4.79 Å². The highest BCUT2D eigenvalue weighted by molar-refractivity contribution is 6.39. The van der Waals surface area contributed by atoms with Gasteiger partial charge in [0.2, 0.25) is 0 Å². The molecule has 7 heteroatoms. The lowest BCUT2D eigenvalue weighted by Crippen LogP contribution is -2.39. The second-order valence-electron chi connectivity index (χ2n) is 7.16. The van der Waals surface area contributed by atoms with Crippen LogP contribution in [0.5, 0.6) is 0 Å². The summed E-state index contributed by atoms with van der Waals surface area (Å²) in [5, 5.41) is 7.01. The molecular formula is C18H24N4O3. The molecule has 7 nitrogen and oxygen atoms in total. The first-order chi connectivity index (χ1) is 12.2. The Labute approximate surface area is 147 Å². The fourth-order valence-electron chi connectivity index (χ4n) is 3.79. The van der Waals surface area contributed by atoms with Crippen molar-refractivity contribution in [2.75, 3.05) is 26.2 Å². The Morgan fingerprint density at radius 2 is 2.44 bits per heavy atom. The number of ether oxygens (including phenoxy) is 1. The van der Waals surface area contributed by atoms with E-state index in [4.69, 9.17) is 9.57 Å². The average molecular weight is 344 g/mol. The minimum atomic E-state index is -0.348. The summed E-state index contributed by atoms with van der Waals surface area (Å²) in [4.78, 5) is 24.5. The van der Waals surface area contributed by atoms with Gasteiger partial charge in [-0.2, -0.15) is 0 Å². The van der Waals surface area contributed by atoms with Crippen molar-refractivity contribution in [2.45, 2.75) is 43.9 Å². The van der Waals surface area contributed by atoms with Gasteiger partial charge >= 0.3 is 0 Å².